The van der Waals surface area contributed by atoms with Gasteiger partial charge in [-0.15, -0.1) is 16.4 Å². The maximum absolute atomic E-state index is 12.9. The van der Waals surface area contributed by atoms with Crippen molar-refractivity contribution in [2.24, 2.45) is 0 Å². The first-order valence-electron chi connectivity index (χ1n) is 7.46. The number of aryl methyl sites for hydroxylation is 2. The van der Waals surface area contributed by atoms with E-state index in [4.69, 9.17) is 23.2 Å². The first kappa shape index (κ1) is 15.1. The van der Waals surface area contributed by atoms with Crippen molar-refractivity contribution in [3.63, 3.8) is 0 Å². The van der Waals surface area contributed by atoms with Crippen LogP contribution in [0.1, 0.15) is 28.8 Å². The minimum Gasteiger partial charge on any atom is -0.267 e. The molecule has 0 aliphatic heterocycles. The summed E-state index contributed by atoms with van der Waals surface area (Å²) in [6.45, 7) is 0.227. The Morgan fingerprint density at radius 2 is 1.91 bits per heavy atom. The average Bonchev–Trinajstić information content (AvgIpc) is 2.92. The lowest BCUT2D eigenvalue weighted by Gasteiger charge is -2.10. The number of fused-ring (bicyclic) bond motifs is 3. The first-order valence-corrected chi connectivity index (χ1v) is 9.03. The molecule has 0 atom stereocenters. The highest BCUT2D eigenvalue weighted by Gasteiger charge is 2.21. The molecular weight excluding hydrogens is 353 g/mol. The molecule has 0 N–H and O–H groups in total. The van der Waals surface area contributed by atoms with Crippen molar-refractivity contribution in [3.05, 3.63) is 54.6 Å². The Morgan fingerprint density at radius 3 is 2.70 bits per heavy atom. The highest BCUT2D eigenvalue weighted by atomic mass is 35.5. The molecule has 1 aromatic carbocycles. The van der Waals surface area contributed by atoms with Gasteiger partial charge in [0.2, 0.25) is 0 Å². The second kappa shape index (κ2) is 5.89. The third-order valence-corrected chi connectivity index (χ3v) is 6.10. The zero-order valence-electron chi connectivity index (χ0n) is 12.2. The largest absolute Gasteiger partial charge is 0.279 e. The molecule has 0 unspecified atom stereocenters. The summed E-state index contributed by atoms with van der Waals surface area (Å²) in [7, 11) is 0. The lowest BCUT2D eigenvalue weighted by Crippen LogP contribution is -2.25. The minimum absolute atomic E-state index is 0.106. The molecule has 0 radical (unpaired) electrons. The highest BCUT2D eigenvalue weighted by Crippen LogP contribution is 2.33. The van der Waals surface area contributed by atoms with Gasteiger partial charge in [-0.1, -0.05) is 34.5 Å². The van der Waals surface area contributed by atoms with Crippen LogP contribution in [0.2, 0.25) is 10.0 Å². The van der Waals surface area contributed by atoms with E-state index >= 15 is 0 Å². The molecule has 0 amide bonds. The predicted octanol–water partition coefficient (Wildman–Crippen LogP) is 4.09. The maximum Gasteiger partial charge on any atom is 0.279 e. The fraction of sp³-hybridized carbons (Fsp3) is 0.312. The van der Waals surface area contributed by atoms with E-state index in [9.17, 15) is 4.79 Å². The Bertz CT molecular complexity index is 944. The number of aromatic nitrogens is 3. The van der Waals surface area contributed by atoms with E-state index < -0.39 is 0 Å². The SMILES string of the molecule is O=c1c2c3c(sc2nnn1Cc1c(Cl)cccc1Cl)CCCC3. The Kier molecular flexibility index (Phi) is 3.87. The molecule has 118 valence electrons. The molecule has 4 rings (SSSR count). The van der Waals surface area contributed by atoms with Crippen molar-refractivity contribution in [1.29, 1.82) is 0 Å². The zero-order valence-corrected chi connectivity index (χ0v) is 14.5. The lowest BCUT2D eigenvalue weighted by atomic mass is 9.97. The van der Waals surface area contributed by atoms with Gasteiger partial charge in [-0.2, -0.15) is 0 Å². The van der Waals surface area contributed by atoms with Crippen molar-refractivity contribution in [2.75, 3.05) is 0 Å². The summed E-state index contributed by atoms with van der Waals surface area (Å²) in [6.07, 6.45) is 4.28. The van der Waals surface area contributed by atoms with Crippen molar-refractivity contribution >= 4 is 44.8 Å². The van der Waals surface area contributed by atoms with Crippen molar-refractivity contribution < 1.29 is 0 Å². The zero-order chi connectivity index (χ0) is 16.0. The first-order chi connectivity index (χ1) is 11.1. The topological polar surface area (TPSA) is 47.8 Å². The quantitative estimate of drug-likeness (QED) is 0.687. The maximum atomic E-state index is 12.9. The number of hydrogen-bond donors (Lipinski definition) is 0. The van der Waals surface area contributed by atoms with Gasteiger partial charge in [-0.3, -0.25) is 4.79 Å². The van der Waals surface area contributed by atoms with Gasteiger partial charge < -0.3 is 0 Å². The number of hydrogen-bond acceptors (Lipinski definition) is 4. The Hall–Kier alpha value is -1.43. The van der Waals surface area contributed by atoms with E-state index in [-0.39, 0.29) is 12.1 Å². The molecule has 2 heterocycles. The molecule has 2 aromatic heterocycles. The van der Waals surface area contributed by atoms with Crippen LogP contribution < -0.4 is 5.56 Å². The molecule has 0 bridgehead atoms. The summed E-state index contributed by atoms with van der Waals surface area (Å²) in [5.74, 6) is 0. The van der Waals surface area contributed by atoms with Gasteiger partial charge in [0.1, 0.15) is 0 Å². The second-order valence-electron chi connectivity index (χ2n) is 5.64. The van der Waals surface area contributed by atoms with Gasteiger partial charge in [0.15, 0.2) is 4.83 Å². The predicted molar refractivity (Wildman–Crippen MR) is 93.9 cm³/mol. The molecule has 1 aliphatic rings. The molecule has 0 fully saturated rings. The van der Waals surface area contributed by atoms with Gasteiger partial charge in [0.05, 0.1) is 11.9 Å². The standard InChI is InChI=1S/C16H13Cl2N3OS/c17-11-5-3-6-12(18)10(11)8-21-16(22)14-9-4-1-2-7-13(9)23-15(14)19-20-21/h3,5-6H,1-2,4,7-8H2. The molecule has 1 aliphatic carbocycles. The smallest absolute Gasteiger partial charge is 0.267 e. The number of benzene rings is 1. The molecular formula is C16H13Cl2N3OS. The monoisotopic (exact) mass is 365 g/mol. The molecule has 0 saturated heterocycles. The van der Waals surface area contributed by atoms with Crippen LogP contribution in [0.3, 0.4) is 0 Å². The molecule has 4 nitrogen and oxygen atoms in total. The Morgan fingerprint density at radius 1 is 1.17 bits per heavy atom. The summed E-state index contributed by atoms with van der Waals surface area (Å²) in [5.41, 5.74) is 1.75. The van der Waals surface area contributed by atoms with E-state index in [1.54, 1.807) is 29.5 Å². The summed E-state index contributed by atoms with van der Waals surface area (Å²) in [4.78, 5) is 14.9. The summed E-state index contributed by atoms with van der Waals surface area (Å²) >= 11 is 14.0. The van der Waals surface area contributed by atoms with Crippen LogP contribution in [-0.2, 0) is 19.4 Å². The number of nitrogens with zero attached hydrogens (tertiary/aromatic N) is 3. The fourth-order valence-electron chi connectivity index (χ4n) is 3.04. The van der Waals surface area contributed by atoms with Crippen LogP contribution >= 0.6 is 34.5 Å². The van der Waals surface area contributed by atoms with Crippen LogP contribution in [0, 0.1) is 0 Å². The normalized spacial score (nSPS) is 14.2. The fourth-order valence-corrected chi connectivity index (χ4v) is 4.76. The second-order valence-corrected chi connectivity index (χ2v) is 7.54. The third-order valence-electron chi connectivity index (χ3n) is 4.21. The van der Waals surface area contributed by atoms with E-state index in [0.29, 0.717) is 15.6 Å². The Balaban J connectivity index is 1.85. The van der Waals surface area contributed by atoms with E-state index in [1.165, 1.54) is 16.0 Å². The number of rotatable bonds is 2. The summed E-state index contributed by atoms with van der Waals surface area (Å²) < 4.78 is 1.36. The van der Waals surface area contributed by atoms with Crippen LogP contribution in [-0.4, -0.2) is 15.0 Å². The van der Waals surface area contributed by atoms with Crippen LogP contribution in [0.15, 0.2) is 23.0 Å². The number of thiophene rings is 1. The van der Waals surface area contributed by atoms with Gasteiger partial charge in [-0.25, -0.2) is 4.68 Å². The van der Waals surface area contributed by atoms with Gasteiger partial charge in [0.25, 0.3) is 5.56 Å². The van der Waals surface area contributed by atoms with Crippen LogP contribution in [0.4, 0.5) is 0 Å². The molecule has 0 saturated carbocycles. The van der Waals surface area contributed by atoms with Gasteiger partial charge >= 0.3 is 0 Å². The van der Waals surface area contributed by atoms with Gasteiger partial charge in [0, 0.05) is 20.5 Å². The molecule has 3 aromatic rings. The average molecular weight is 366 g/mol. The lowest BCUT2D eigenvalue weighted by molar-refractivity contribution is 0.601. The van der Waals surface area contributed by atoms with Crippen molar-refractivity contribution in [2.45, 2.75) is 32.2 Å². The van der Waals surface area contributed by atoms with E-state index in [2.05, 4.69) is 10.3 Å². The minimum atomic E-state index is -0.106. The van der Waals surface area contributed by atoms with Crippen molar-refractivity contribution in [3.8, 4) is 0 Å². The molecule has 7 heteroatoms. The van der Waals surface area contributed by atoms with Crippen LogP contribution in [0.25, 0.3) is 10.2 Å². The number of halogens is 2. The summed E-state index contributed by atoms with van der Waals surface area (Å²) in [5, 5.41) is 10.1. The molecule has 0 spiro atoms. The van der Waals surface area contributed by atoms with E-state index in [0.717, 1.165) is 35.0 Å². The van der Waals surface area contributed by atoms with E-state index in [1.807, 2.05) is 0 Å². The van der Waals surface area contributed by atoms with Crippen molar-refractivity contribution in [1.82, 2.24) is 15.0 Å². The molecule has 23 heavy (non-hydrogen) atoms. The third kappa shape index (κ3) is 2.57. The highest BCUT2D eigenvalue weighted by molar-refractivity contribution is 7.18. The van der Waals surface area contributed by atoms with Gasteiger partial charge in [-0.05, 0) is 43.4 Å². The van der Waals surface area contributed by atoms with Crippen LogP contribution in [0.5, 0.6) is 0 Å². The summed E-state index contributed by atoms with van der Waals surface area (Å²) in [6, 6.07) is 5.29. The Labute approximate surface area is 146 Å².